The third kappa shape index (κ3) is 3.96. The lowest BCUT2D eigenvalue weighted by Crippen LogP contribution is -2.30. The molecule has 3 nitrogen and oxygen atoms in total. The van der Waals surface area contributed by atoms with E-state index in [1.54, 1.807) is 36.4 Å². The molecule has 0 atom stereocenters. The number of benzene rings is 2. The van der Waals surface area contributed by atoms with Gasteiger partial charge in [0.15, 0.2) is 0 Å². The zero-order valence-electron chi connectivity index (χ0n) is 11.1. The van der Waals surface area contributed by atoms with Crippen molar-refractivity contribution in [2.24, 2.45) is 0 Å². The molecule has 0 amide bonds. The van der Waals surface area contributed by atoms with Crippen LogP contribution in [0.25, 0.3) is 0 Å². The molecule has 0 aliphatic carbocycles. The predicted octanol–water partition coefficient (Wildman–Crippen LogP) is 4.21. The molecule has 0 radical (unpaired) electrons. The summed E-state index contributed by atoms with van der Waals surface area (Å²) in [7, 11) is -3.60. The fourth-order valence-electron chi connectivity index (χ4n) is 1.85. The highest BCUT2D eigenvalue weighted by Crippen LogP contribution is 2.31. The van der Waals surface area contributed by atoms with Crippen molar-refractivity contribution < 1.29 is 12.8 Å². The molecule has 7 heteroatoms. The van der Waals surface area contributed by atoms with Gasteiger partial charge in [-0.25, -0.2) is 12.8 Å². The lowest BCUT2D eigenvalue weighted by atomic mass is 10.2. The van der Waals surface area contributed by atoms with Crippen LogP contribution in [0.5, 0.6) is 0 Å². The summed E-state index contributed by atoms with van der Waals surface area (Å²) in [6.45, 7) is -0.118. The Morgan fingerprint density at radius 2 is 1.90 bits per heavy atom. The maximum Gasteiger partial charge on any atom is 0.232 e. The molecule has 0 spiro atoms. The van der Waals surface area contributed by atoms with Crippen LogP contribution < -0.4 is 4.31 Å². The maximum absolute atomic E-state index is 13.8. The van der Waals surface area contributed by atoms with Gasteiger partial charge in [-0.05, 0) is 24.3 Å². The highest BCUT2D eigenvalue weighted by atomic mass is 79.9. The number of hydrogen-bond acceptors (Lipinski definition) is 2. The van der Waals surface area contributed by atoms with E-state index in [0.29, 0.717) is 5.69 Å². The minimum atomic E-state index is -3.60. The number of sulfonamides is 1. The van der Waals surface area contributed by atoms with Crippen LogP contribution in [0.4, 0.5) is 10.1 Å². The van der Waals surface area contributed by atoms with Gasteiger partial charge in [-0.2, -0.15) is 0 Å². The standard InChI is InChI=1S/C14H12BrClFNO2S/c1-21(19,20)18(9-10-4-2-3-5-13(10)17)14-7-6-11(15)8-12(14)16/h2-8H,9H2,1H3. The van der Waals surface area contributed by atoms with E-state index in [4.69, 9.17) is 11.6 Å². The Labute approximate surface area is 136 Å². The van der Waals surface area contributed by atoms with Crippen LogP contribution in [-0.2, 0) is 16.6 Å². The molecule has 0 heterocycles. The molecule has 0 aliphatic heterocycles. The molecule has 112 valence electrons. The van der Waals surface area contributed by atoms with Gasteiger partial charge in [-0.3, -0.25) is 4.31 Å². The summed E-state index contributed by atoms with van der Waals surface area (Å²) in [6, 6.07) is 10.9. The number of rotatable bonds is 4. The van der Waals surface area contributed by atoms with E-state index >= 15 is 0 Å². The van der Waals surface area contributed by atoms with Gasteiger partial charge < -0.3 is 0 Å². The third-order valence-electron chi connectivity index (χ3n) is 2.85. The highest BCUT2D eigenvalue weighted by molar-refractivity contribution is 9.10. The van der Waals surface area contributed by atoms with Gasteiger partial charge in [0.25, 0.3) is 0 Å². The molecule has 2 aromatic rings. The van der Waals surface area contributed by atoms with Crippen LogP contribution in [0.1, 0.15) is 5.56 Å². The first-order valence-electron chi connectivity index (χ1n) is 5.95. The highest BCUT2D eigenvalue weighted by Gasteiger charge is 2.21. The van der Waals surface area contributed by atoms with Crippen LogP contribution in [0.2, 0.25) is 5.02 Å². The van der Waals surface area contributed by atoms with E-state index in [0.717, 1.165) is 15.0 Å². The van der Waals surface area contributed by atoms with Gasteiger partial charge in [0, 0.05) is 10.0 Å². The van der Waals surface area contributed by atoms with Crippen molar-refractivity contribution in [1.29, 1.82) is 0 Å². The Bertz CT molecular complexity index is 767. The zero-order chi connectivity index (χ0) is 15.6. The Morgan fingerprint density at radius 1 is 1.24 bits per heavy atom. The molecule has 0 fully saturated rings. The van der Waals surface area contributed by atoms with Crippen LogP contribution >= 0.6 is 27.5 Å². The Balaban J connectivity index is 2.48. The molecular formula is C14H12BrClFNO2S. The maximum atomic E-state index is 13.8. The van der Waals surface area contributed by atoms with Crippen molar-refractivity contribution in [3.8, 4) is 0 Å². The Hall–Kier alpha value is -1.11. The molecule has 0 unspecified atom stereocenters. The molecule has 2 aromatic carbocycles. The van der Waals surface area contributed by atoms with Gasteiger partial charge in [-0.15, -0.1) is 0 Å². The van der Waals surface area contributed by atoms with Gasteiger partial charge in [-0.1, -0.05) is 45.7 Å². The molecule has 0 aromatic heterocycles. The zero-order valence-corrected chi connectivity index (χ0v) is 14.2. The van der Waals surface area contributed by atoms with Gasteiger partial charge in [0.2, 0.25) is 10.0 Å². The van der Waals surface area contributed by atoms with Crippen molar-refractivity contribution in [2.45, 2.75) is 6.54 Å². The van der Waals surface area contributed by atoms with E-state index in [1.807, 2.05) is 0 Å². The second-order valence-corrected chi connectivity index (χ2v) is 7.69. The fourth-order valence-corrected chi connectivity index (χ4v) is 3.56. The van der Waals surface area contributed by atoms with Crippen molar-refractivity contribution in [3.63, 3.8) is 0 Å². The van der Waals surface area contributed by atoms with Crippen molar-refractivity contribution in [3.05, 3.63) is 63.3 Å². The second kappa shape index (κ2) is 6.34. The van der Waals surface area contributed by atoms with E-state index in [2.05, 4.69) is 15.9 Å². The normalized spacial score (nSPS) is 11.4. The lowest BCUT2D eigenvalue weighted by Gasteiger charge is -2.24. The second-order valence-electron chi connectivity index (χ2n) is 4.46. The minimum Gasteiger partial charge on any atom is -0.264 e. The monoisotopic (exact) mass is 391 g/mol. The Kier molecular flexibility index (Phi) is 4.91. The first-order chi connectivity index (χ1) is 9.79. The molecule has 0 aliphatic rings. The van der Waals surface area contributed by atoms with Crippen LogP contribution in [0, 0.1) is 5.82 Å². The molecule has 0 saturated heterocycles. The lowest BCUT2D eigenvalue weighted by molar-refractivity contribution is 0.590. The number of hydrogen-bond donors (Lipinski definition) is 0. The quantitative estimate of drug-likeness (QED) is 0.782. The molecule has 0 N–H and O–H groups in total. The summed E-state index contributed by atoms with van der Waals surface area (Å²) in [6.07, 6.45) is 1.06. The summed E-state index contributed by atoms with van der Waals surface area (Å²) in [4.78, 5) is 0. The molecule has 21 heavy (non-hydrogen) atoms. The van der Waals surface area contributed by atoms with Crippen LogP contribution in [0.3, 0.4) is 0 Å². The summed E-state index contributed by atoms with van der Waals surface area (Å²) >= 11 is 9.37. The van der Waals surface area contributed by atoms with E-state index < -0.39 is 15.8 Å². The topological polar surface area (TPSA) is 37.4 Å². The van der Waals surface area contributed by atoms with Crippen molar-refractivity contribution in [1.82, 2.24) is 0 Å². The van der Waals surface area contributed by atoms with Crippen molar-refractivity contribution in [2.75, 3.05) is 10.6 Å². The third-order valence-corrected chi connectivity index (χ3v) is 4.77. The first kappa shape index (κ1) is 16.3. The summed E-state index contributed by atoms with van der Waals surface area (Å²) < 4.78 is 39.6. The van der Waals surface area contributed by atoms with Gasteiger partial charge in [0.05, 0.1) is 23.5 Å². The van der Waals surface area contributed by atoms with Gasteiger partial charge >= 0.3 is 0 Å². The van der Waals surface area contributed by atoms with Crippen LogP contribution in [-0.4, -0.2) is 14.7 Å². The largest absolute Gasteiger partial charge is 0.264 e. The van der Waals surface area contributed by atoms with E-state index in [-0.39, 0.29) is 17.1 Å². The average molecular weight is 393 g/mol. The van der Waals surface area contributed by atoms with E-state index in [9.17, 15) is 12.8 Å². The summed E-state index contributed by atoms with van der Waals surface area (Å²) in [5, 5.41) is 0.270. The first-order valence-corrected chi connectivity index (χ1v) is 8.97. The smallest absolute Gasteiger partial charge is 0.232 e. The average Bonchev–Trinajstić information content (AvgIpc) is 2.37. The van der Waals surface area contributed by atoms with Crippen LogP contribution in [0.15, 0.2) is 46.9 Å². The summed E-state index contributed by atoms with van der Waals surface area (Å²) in [5.41, 5.74) is 0.590. The SMILES string of the molecule is CS(=O)(=O)N(Cc1ccccc1F)c1ccc(Br)cc1Cl. The molecule has 2 rings (SSSR count). The van der Waals surface area contributed by atoms with E-state index in [1.165, 1.54) is 6.07 Å². The molecule has 0 bridgehead atoms. The number of nitrogens with zero attached hydrogens (tertiary/aromatic N) is 1. The molecule has 0 saturated carbocycles. The fraction of sp³-hybridized carbons (Fsp3) is 0.143. The predicted molar refractivity (Wildman–Crippen MR) is 86.6 cm³/mol. The van der Waals surface area contributed by atoms with Crippen molar-refractivity contribution >= 4 is 43.2 Å². The Morgan fingerprint density at radius 3 is 2.48 bits per heavy atom. The number of anilines is 1. The number of halogens is 3. The summed E-state index contributed by atoms with van der Waals surface area (Å²) in [5.74, 6) is -0.459. The van der Waals surface area contributed by atoms with Gasteiger partial charge in [0.1, 0.15) is 5.82 Å². The molecular weight excluding hydrogens is 381 g/mol. The minimum absolute atomic E-state index is 0.118.